The van der Waals surface area contributed by atoms with Crippen molar-refractivity contribution in [1.29, 1.82) is 0 Å². The highest BCUT2D eigenvalue weighted by Gasteiger charge is 2.15. The van der Waals surface area contributed by atoms with Crippen LogP contribution in [0.1, 0.15) is 34.5 Å². The molecule has 10 heteroatoms. The Balaban J connectivity index is 1.50. The van der Waals surface area contributed by atoms with Gasteiger partial charge in [0, 0.05) is 23.0 Å². The molecular weight excluding hydrogens is 454 g/mol. The van der Waals surface area contributed by atoms with Gasteiger partial charge in [-0.25, -0.2) is 18.1 Å². The minimum absolute atomic E-state index is 0.0611. The number of Topliss-reactive ketones (excluding diaryl/α,β-unsaturated/α-hetero) is 1. The molecule has 0 atom stereocenters. The summed E-state index contributed by atoms with van der Waals surface area (Å²) in [5.74, 6) is 1.81. The summed E-state index contributed by atoms with van der Waals surface area (Å²) in [6, 6.07) is 15.9. The second-order valence-corrected chi connectivity index (χ2v) is 9.45. The lowest BCUT2D eigenvalue weighted by molar-refractivity contribution is 0.101. The summed E-state index contributed by atoms with van der Waals surface area (Å²) in [4.78, 5) is 20.2. The molecule has 0 saturated carbocycles. The number of aryl methyl sites for hydroxylation is 3. The summed E-state index contributed by atoms with van der Waals surface area (Å²) in [5, 5.41) is 4.44. The topological polar surface area (TPSA) is 116 Å². The third kappa shape index (κ3) is 5.12. The van der Waals surface area contributed by atoms with Crippen LogP contribution in [0.4, 0.5) is 5.69 Å². The van der Waals surface area contributed by atoms with E-state index in [9.17, 15) is 13.2 Å². The molecule has 1 N–H and O–H groups in total. The smallest absolute Gasteiger partial charge is 0.261 e. The number of nitrogens with zero attached hydrogens (tertiary/aromatic N) is 4. The lowest BCUT2D eigenvalue weighted by atomic mass is 10.2. The van der Waals surface area contributed by atoms with Gasteiger partial charge in [0.05, 0.1) is 10.6 Å². The van der Waals surface area contributed by atoms with Crippen molar-refractivity contribution >= 4 is 21.5 Å². The van der Waals surface area contributed by atoms with E-state index in [-0.39, 0.29) is 10.7 Å². The van der Waals surface area contributed by atoms with E-state index < -0.39 is 10.0 Å². The van der Waals surface area contributed by atoms with E-state index in [4.69, 9.17) is 4.74 Å². The molecule has 0 unspecified atom stereocenters. The predicted octanol–water partition coefficient (Wildman–Crippen LogP) is 4.38. The molecule has 0 aliphatic carbocycles. The molecule has 0 aliphatic rings. The van der Waals surface area contributed by atoms with Crippen molar-refractivity contribution in [2.45, 2.75) is 32.6 Å². The molecule has 34 heavy (non-hydrogen) atoms. The van der Waals surface area contributed by atoms with Gasteiger partial charge in [-0.05, 0) is 70.2 Å². The first-order valence-electron chi connectivity index (χ1n) is 10.4. The van der Waals surface area contributed by atoms with E-state index in [2.05, 4.69) is 19.8 Å². The summed E-state index contributed by atoms with van der Waals surface area (Å²) in [6.45, 7) is 7.04. The molecule has 0 aliphatic heterocycles. The molecule has 0 spiro atoms. The number of ketones is 1. The van der Waals surface area contributed by atoms with E-state index in [0.717, 1.165) is 11.4 Å². The fraction of sp³-hybridized carbons (Fsp3) is 0.167. The van der Waals surface area contributed by atoms with Gasteiger partial charge in [0.1, 0.15) is 11.6 Å². The normalized spacial score (nSPS) is 11.3. The average Bonchev–Trinajstić information content (AvgIpc) is 3.12. The van der Waals surface area contributed by atoms with Crippen LogP contribution < -0.4 is 9.46 Å². The maximum atomic E-state index is 12.6. The number of rotatable bonds is 7. The van der Waals surface area contributed by atoms with Crippen LogP contribution in [0.15, 0.2) is 65.6 Å². The zero-order valence-electron chi connectivity index (χ0n) is 19.1. The van der Waals surface area contributed by atoms with Gasteiger partial charge in [0.25, 0.3) is 10.0 Å². The van der Waals surface area contributed by atoms with Crippen molar-refractivity contribution < 1.29 is 17.9 Å². The van der Waals surface area contributed by atoms with Gasteiger partial charge in [-0.3, -0.25) is 9.52 Å². The maximum Gasteiger partial charge on any atom is 0.261 e. The van der Waals surface area contributed by atoms with Crippen LogP contribution >= 0.6 is 0 Å². The van der Waals surface area contributed by atoms with Crippen LogP contribution in [0.3, 0.4) is 0 Å². The van der Waals surface area contributed by atoms with Crippen molar-refractivity contribution in [3.63, 3.8) is 0 Å². The molecular formula is C24H23N5O4S. The number of ether oxygens (including phenoxy) is 1. The molecule has 2 heterocycles. The summed E-state index contributed by atoms with van der Waals surface area (Å²) in [7, 11) is -3.80. The molecule has 2 aromatic heterocycles. The van der Waals surface area contributed by atoms with Crippen LogP contribution in [0.2, 0.25) is 0 Å². The zero-order valence-corrected chi connectivity index (χ0v) is 19.9. The summed E-state index contributed by atoms with van der Waals surface area (Å²) in [6.07, 6.45) is 0. The van der Waals surface area contributed by atoms with E-state index in [1.54, 1.807) is 41.9 Å². The van der Waals surface area contributed by atoms with Crippen molar-refractivity contribution in [2.24, 2.45) is 0 Å². The van der Waals surface area contributed by atoms with Crippen LogP contribution in [-0.4, -0.2) is 33.9 Å². The van der Waals surface area contributed by atoms with Crippen LogP contribution in [0.25, 0.3) is 5.82 Å². The first kappa shape index (κ1) is 23.1. The highest BCUT2D eigenvalue weighted by atomic mass is 32.2. The maximum absolute atomic E-state index is 12.6. The van der Waals surface area contributed by atoms with Crippen LogP contribution in [-0.2, 0) is 10.0 Å². The standard InChI is InChI=1S/C24H23N5O4S/c1-15-13-16(2)29(27-15)23-14-24(26-18(4)25-23)33-21-9-7-20(8-10-21)28-34(31,32)22-11-5-19(6-12-22)17(3)30/h5-14,28H,1-4H3. The average molecular weight is 478 g/mol. The Kier molecular flexibility index (Phi) is 6.16. The summed E-state index contributed by atoms with van der Waals surface area (Å²) >= 11 is 0. The lowest BCUT2D eigenvalue weighted by Gasteiger charge is -2.11. The van der Waals surface area contributed by atoms with Crippen molar-refractivity contribution in [3.8, 4) is 17.4 Å². The molecule has 9 nitrogen and oxygen atoms in total. The minimum Gasteiger partial charge on any atom is -0.439 e. The highest BCUT2D eigenvalue weighted by molar-refractivity contribution is 7.92. The fourth-order valence-electron chi connectivity index (χ4n) is 3.34. The van der Waals surface area contributed by atoms with Gasteiger partial charge in [-0.15, -0.1) is 0 Å². The third-order valence-corrected chi connectivity index (χ3v) is 6.32. The lowest BCUT2D eigenvalue weighted by Crippen LogP contribution is -2.13. The van der Waals surface area contributed by atoms with E-state index >= 15 is 0 Å². The zero-order chi connectivity index (χ0) is 24.5. The first-order valence-corrected chi connectivity index (χ1v) is 11.9. The van der Waals surface area contributed by atoms with Gasteiger partial charge >= 0.3 is 0 Å². The third-order valence-electron chi connectivity index (χ3n) is 4.93. The van der Waals surface area contributed by atoms with Crippen molar-refractivity contribution in [3.05, 3.63) is 83.4 Å². The Morgan fingerprint density at radius 1 is 0.941 bits per heavy atom. The highest BCUT2D eigenvalue weighted by Crippen LogP contribution is 2.25. The van der Waals surface area contributed by atoms with Crippen LogP contribution in [0.5, 0.6) is 11.6 Å². The predicted molar refractivity (Wildman–Crippen MR) is 127 cm³/mol. The number of nitrogens with one attached hydrogen (secondary N) is 1. The van der Waals surface area contributed by atoms with Gasteiger partial charge in [-0.1, -0.05) is 12.1 Å². The Hall–Kier alpha value is -4.05. The Bertz CT molecular complexity index is 1460. The molecule has 2 aromatic carbocycles. The number of carbonyl (C=O) groups is 1. The number of benzene rings is 2. The van der Waals surface area contributed by atoms with Gasteiger partial charge in [-0.2, -0.15) is 10.1 Å². The number of hydrogen-bond donors (Lipinski definition) is 1. The summed E-state index contributed by atoms with van der Waals surface area (Å²) < 4.78 is 35.4. The Labute approximate surface area is 197 Å². The molecule has 4 rings (SSSR count). The van der Waals surface area contributed by atoms with E-state index in [0.29, 0.717) is 34.5 Å². The molecule has 174 valence electrons. The minimum atomic E-state index is -3.80. The van der Waals surface area contributed by atoms with E-state index in [1.165, 1.54) is 31.2 Å². The number of aromatic nitrogens is 4. The monoisotopic (exact) mass is 477 g/mol. The molecule has 4 aromatic rings. The van der Waals surface area contributed by atoms with Crippen molar-refractivity contribution in [2.75, 3.05) is 4.72 Å². The van der Waals surface area contributed by atoms with Gasteiger partial charge in [0.15, 0.2) is 11.6 Å². The second-order valence-electron chi connectivity index (χ2n) is 7.76. The molecule has 0 saturated heterocycles. The Morgan fingerprint density at radius 3 is 2.21 bits per heavy atom. The molecule has 0 radical (unpaired) electrons. The van der Waals surface area contributed by atoms with E-state index in [1.807, 2.05) is 19.9 Å². The largest absolute Gasteiger partial charge is 0.439 e. The second kappa shape index (κ2) is 9.06. The van der Waals surface area contributed by atoms with Crippen molar-refractivity contribution in [1.82, 2.24) is 19.7 Å². The first-order chi connectivity index (χ1) is 16.1. The fourth-order valence-corrected chi connectivity index (χ4v) is 4.40. The van der Waals surface area contributed by atoms with Gasteiger partial charge < -0.3 is 4.74 Å². The quantitative estimate of drug-likeness (QED) is 0.393. The number of hydrogen-bond acceptors (Lipinski definition) is 7. The van der Waals surface area contributed by atoms with Gasteiger partial charge in [0.2, 0.25) is 5.88 Å². The van der Waals surface area contributed by atoms with Crippen LogP contribution in [0, 0.1) is 20.8 Å². The number of sulfonamides is 1. The molecule has 0 amide bonds. The number of anilines is 1. The molecule has 0 fully saturated rings. The summed E-state index contributed by atoms with van der Waals surface area (Å²) in [5.41, 5.74) is 2.63. The number of carbonyl (C=O) groups excluding carboxylic acids is 1. The Morgan fingerprint density at radius 2 is 1.62 bits per heavy atom. The SMILES string of the molecule is CC(=O)c1ccc(S(=O)(=O)Nc2ccc(Oc3cc(-n4nc(C)cc4C)nc(C)n3)cc2)cc1. The molecule has 0 bridgehead atoms.